The quantitative estimate of drug-likeness (QED) is 0.127. The van der Waals surface area contributed by atoms with Crippen LogP contribution in [0.3, 0.4) is 0 Å². The van der Waals surface area contributed by atoms with E-state index in [1.165, 1.54) is 37.7 Å². The first-order chi connectivity index (χ1) is 20.6. The first-order valence-corrected chi connectivity index (χ1v) is 14.6. The van der Waals surface area contributed by atoms with Crippen molar-refractivity contribution >= 4 is 0 Å². The zero-order valence-corrected chi connectivity index (χ0v) is 28.7. The van der Waals surface area contributed by atoms with Crippen LogP contribution in [0.5, 0.6) is 0 Å². The first kappa shape index (κ1) is 35.7. The Labute approximate surface area is 278 Å². The van der Waals surface area contributed by atoms with Gasteiger partial charge in [-0.1, -0.05) is 86.2 Å². The molecular weight excluding hydrogens is 691 g/mol. The molecule has 1 aliphatic carbocycles. The van der Waals surface area contributed by atoms with Crippen molar-refractivity contribution in [2.24, 2.45) is 0 Å². The molecule has 4 aromatic carbocycles. The number of rotatable bonds is 6. The van der Waals surface area contributed by atoms with Crippen LogP contribution < -0.4 is 0 Å². The summed E-state index contributed by atoms with van der Waals surface area (Å²) in [4.78, 5) is 4.13. The van der Waals surface area contributed by atoms with E-state index >= 15 is 0 Å². The number of imidazole rings is 1. The Morgan fingerprint density at radius 3 is 1.47 bits per heavy atom. The Bertz CT molecular complexity index is 1200. The van der Waals surface area contributed by atoms with Crippen LogP contribution in [0.15, 0.2) is 140 Å². The van der Waals surface area contributed by atoms with Crippen molar-refractivity contribution in [2.45, 2.75) is 51.0 Å². The van der Waals surface area contributed by atoms with Gasteiger partial charge < -0.3 is 15.2 Å². The van der Waals surface area contributed by atoms with Crippen LogP contribution in [0, 0.1) is 20.8 Å². The van der Waals surface area contributed by atoms with Crippen LogP contribution in [-0.4, -0.2) is 15.6 Å². The minimum absolute atomic E-state index is 0. The summed E-state index contributed by atoms with van der Waals surface area (Å²) in [6.45, 7) is 11.9. The van der Waals surface area contributed by atoms with Crippen molar-refractivity contribution in [3.63, 3.8) is 0 Å². The van der Waals surface area contributed by atoms with Gasteiger partial charge in [0.25, 0.3) is 0 Å². The Morgan fingerprint density at radius 2 is 1.09 bits per heavy atom. The van der Waals surface area contributed by atoms with Crippen LogP contribution in [0.4, 0.5) is 0 Å². The second-order valence-corrected chi connectivity index (χ2v) is 10.1. The number of hydrogen-bond acceptors (Lipinski definition) is 1. The Balaban J connectivity index is 0.000000239. The Kier molecular flexibility index (Phi) is 18.3. The van der Waals surface area contributed by atoms with E-state index in [0.717, 1.165) is 16.7 Å². The van der Waals surface area contributed by atoms with Crippen molar-refractivity contribution in [3.05, 3.63) is 194 Å². The molecule has 0 amide bonds. The molecule has 0 bridgehead atoms. The molecular formula is C38H43HfN4-5. The van der Waals surface area contributed by atoms with Crippen molar-refractivity contribution in [2.75, 3.05) is 0 Å². The average Bonchev–Trinajstić information content (AvgIpc) is 3.58. The first-order valence-electron chi connectivity index (χ1n) is 14.6. The minimum Gasteiger partial charge on any atom is -0.658 e. The van der Waals surface area contributed by atoms with Crippen LogP contribution in [0.25, 0.3) is 10.6 Å². The van der Waals surface area contributed by atoms with Crippen LogP contribution >= 0.6 is 0 Å². The third-order valence-electron chi connectivity index (χ3n) is 6.52. The molecule has 0 spiro atoms. The largest absolute Gasteiger partial charge is 0.658 e. The van der Waals surface area contributed by atoms with Crippen molar-refractivity contribution in [1.82, 2.24) is 9.55 Å². The van der Waals surface area contributed by atoms with E-state index in [1.54, 1.807) is 6.20 Å². The van der Waals surface area contributed by atoms with Crippen LogP contribution in [0.1, 0.15) is 60.6 Å². The molecule has 0 saturated heterocycles. The van der Waals surface area contributed by atoms with Crippen molar-refractivity contribution in [1.29, 1.82) is 0 Å². The maximum absolute atomic E-state index is 4.95. The average molecular weight is 734 g/mol. The fourth-order valence-electron chi connectivity index (χ4n) is 4.25. The van der Waals surface area contributed by atoms with E-state index in [9.17, 15) is 0 Å². The van der Waals surface area contributed by atoms with Crippen LogP contribution in [0.2, 0.25) is 0 Å². The van der Waals surface area contributed by atoms with Gasteiger partial charge in [0.15, 0.2) is 0 Å². The smallest absolute Gasteiger partial charge is 0.0916 e. The Hall–Kier alpha value is -3.51. The van der Waals surface area contributed by atoms with Gasteiger partial charge >= 0.3 is 0 Å². The standard InChI is InChI=1S/C17H22N4.3C7H7.Hf/c1-3-7-15(8-4-1)13-19-17(21-12-11-18-14-21)20-16-9-5-2-6-10-16;3*1-7-5-3-2-4-6-7;/h1,3-4,7-8,11-12,14,16-17H,2,5-6,9-10,13H2;3*2-6H,1H2;/q-2;3*-1;. The zero-order chi connectivity index (χ0) is 29.7. The molecule has 1 heterocycles. The Morgan fingerprint density at radius 1 is 0.651 bits per heavy atom. The van der Waals surface area contributed by atoms with Crippen molar-refractivity contribution < 1.29 is 25.8 Å². The van der Waals surface area contributed by atoms with E-state index < -0.39 is 0 Å². The summed E-state index contributed by atoms with van der Waals surface area (Å²) in [5, 5.41) is 9.74. The number of hydrogen-bond donors (Lipinski definition) is 0. The third-order valence-corrected chi connectivity index (χ3v) is 6.52. The van der Waals surface area contributed by atoms with Gasteiger partial charge in [0.1, 0.15) is 0 Å². The summed E-state index contributed by atoms with van der Waals surface area (Å²) in [6.07, 6.45) is 11.8. The third kappa shape index (κ3) is 16.1. The molecule has 1 fully saturated rings. The SMILES string of the molecule is [CH2-]c1ccccc1.[CH2-]c1ccccc1.[CH2-]c1ccccc1.[Hf].c1ccc(C[N-]C([N-]C2CCCCC2)n2ccnc2)cc1. The molecule has 5 aromatic rings. The monoisotopic (exact) mass is 735 g/mol. The number of nitrogens with zero attached hydrogens (tertiary/aromatic N) is 4. The fourth-order valence-corrected chi connectivity index (χ4v) is 4.25. The number of aromatic nitrogens is 2. The van der Waals surface area contributed by atoms with E-state index in [1.807, 2.05) is 114 Å². The van der Waals surface area contributed by atoms with E-state index in [-0.39, 0.29) is 32.1 Å². The molecule has 6 rings (SSSR count). The summed E-state index contributed by atoms with van der Waals surface area (Å²) < 4.78 is 2.00. The zero-order valence-electron chi connectivity index (χ0n) is 25.1. The molecule has 1 saturated carbocycles. The maximum atomic E-state index is 4.95. The predicted molar refractivity (Wildman–Crippen MR) is 178 cm³/mol. The topological polar surface area (TPSA) is 46.0 Å². The van der Waals surface area contributed by atoms with Gasteiger partial charge in [-0.05, 0) is 0 Å². The molecule has 5 heteroatoms. The normalized spacial score (nSPS) is 12.8. The van der Waals surface area contributed by atoms with Crippen LogP contribution in [-0.2, 0) is 32.4 Å². The molecule has 224 valence electrons. The molecule has 1 atom stereocenters. The fraction of sp³-hybridized carbons (Fsp3) is 0.211. The van der Waals surface area contributed by atoms with Gasteiger partial charge in [-0.25, -0.2) is 4.98 Å². The molecule has 0 radical (unpaired) electrons. The maximum Gasteiger partial charge on any atom is 0.0916 e. The second kappa shape index (κ2) is 22.1. The summed E-state index contributed by atoms with van der Waals surface area (Å²) in [5.41, 5.74) is 4.44. The molecule has 4 nitrogen and oxygen atoms in total. The van der Waals surface area contributed by atoms with Gasteiger partial charge in [-0.2, -0.15) is 80.1 Å². The van der Waals surface area contributed by atoms with Gasteiger partial charge in [-0.15, -0.1) is 49.0 Å². The number of benzene rings is 4. The van der Waals surface area contributed by atoms with Gasteiger partial charge in [0.05, 0.1) is 6.33 Å². The minimum atomic E-state index is -0.143. The summed E-state index contributed by atoms with van der Waals surface area (Å²) in [6, 6.07) is 40.4. The summed E-state index contributed by atoms with van der Waals surface area (Å²) in [5.74, 6) is 0. The predicted octanol–water partition coefficient (Wildman–Crippen LogP) is 10.2. The summed E-state index contributed by atoms with van der Waals surface area (Å²) >= 11 is 0. The molecule has 1 unspecified atom stereocenters. The second-order valence-electron chi connectivity index (χ2n) is 10.1. The van der Waals surface area contributed by atoms with E-state index in [4.69, 9.17) is 10.6 Å². The molecule has 0 N–H and O–H groups in total. The molecule has 0 aliphatic heterocycles. The van der Waals surface area contributed by atoms with Crippen molar-refractivity contribution in [3.8, 4) is 0 Å². The molecule has 1 aliphatic rings. The summed E-state index contributed by atoms with van der Waals surface area (Å²) in [7, 11) is 0. The molecule has 1 aromatic heterocycles. The van der Waals surface area contributed by atoms with E-state index in [0.29, 0.717) is 12.6 Å². The van der Waals surface area contributed by atoms with Gasteiger partial charge in [-0.3, -0.25) is 0 Å². The molecule has 43 heavy (non-hydrogen) atoms. The van der Waals surface area contributed by atoms with Gasteiger partial charge in [0, 0.05) is 38.2 Å². The van der Waals surface area contributed by atoms with E-state index in [2.05, 4.69) is 50.0 Å². The van der Waals surface area contributed by atoms with Gasteiger partial charge in [0.2, 0.25) is 0 Å².